The van der Waals surface area contributed by atoms with Crippen LogP contribution in [0.2, 0.25) is 0 Å². The van der Waals surface area contributed by atoms with Crippen molar-refractivity contribution in [3.8, 4) is 46.5 Å². The van der Waals surface area contributed by atoms with Gasteiger partial charge < -0.3 is 66.8 Å². The third-order valence-corrected chi connectivity index (χ3v) is 6.40. The van der Waals surface area contributed by atoms with Gasteiger partial charge in [0.1, 0.15) is 0 Å². The molecule has 4 aromatic heterocycles. The van der Waals surface area contributed by atoms with E-state index >= 15 is 0 Å². The molecule has 0 bridgehead atoms. The summed E-state index contributed by atoms with van der Waals surface area (Å²) in [5, 5.41) is 0. The van der Waals surface area contributed by atoms with Gasteiger partial charge in [-0.05, 0) is 36.4 Å². The van der Waals surface area contributed by atoms with Gasteiger partial charge in [0, 0.05) is 91.4 Å². The first-order valence-corrected chi connectivity index (χ1v) is 14.6. The Kier molecular flexibility index (Phi) is 17.0. The third-order valence-electron chi connectivity index (χ3n) is 6.40. The van der Waals surface area contributed by atoms with Gasteiger partial charge in [-0.1, -0.05) is 63.2 Å². The van der Waals surface area contributed by atoms with E-state index in [1.807, 2.05) is 72.8 Å². The molecule has 6 aromatic rings. The molecule has 6 nitrogen and oxygen atoms in total. The summed E-state index contributed by atoms with van der Waals surface area (Å²) in [5.41, 5.74) is 3.40. The van der Waals surface area contributed by atoms with Crippen molar-refractivity contribution in [3.05, 3.63) is 158 Å². The molecule has 4 heterocycles. The van der Waals surface area contributed by atoms with Crippen LogP contribution in [0.5, 0.6) is 23.3 Å². The minimum atomic E-state index is 0. The molecule has 0 unspecified atom stereocenters. The minimum absolute atomic E-state index is 0. The molecule has 0 aliphatic heterocycles. The number of hydrogen-bond donors (Lipinski definition) is 0. The molecule has 0 spiro atoms. The average Bonchev–Trinajstić information content (AvgIpc) is 3.81. The van der Waals surface area contributed by atoms with Crippen LogP contribution in [0.3, 0.4) is 0 Å². The van der Waals surface area contributed by atoms with Gasteiger partial charge in [0.15, 0.2) is 0 Å². The SMILES string of the molecule is CC(C)c1c[c-]c(-c2[c-]cc(C(C)C)c(Oc3ccccn3)[c-]2)[c-]c1Oc1ccccn1.[C-]#Cn1cccc1.[C-]#Cn1cccc1.[Pt].[Pt]. The van der Waals surface area contributed by atoms with Crippen molar-refractivity contribution in [3.63, 3.8) is 0 Å². The van der Waals surface area contributed by atoms with Crippen LogP contribution in [0.1, 0.15) is 50.7 Å². The van der Waals surface area contributed by atoms with Crippen LogP contribution < -0.4 is 9.47 Å². The zero-order valence-corrected chi connectivity index (χ0v) is 31.3. The second-order valence-electron chi connectivity index (χ2n) is 10.4. The Morgan fingerprint density at radius 2 is 0.979 bits per heavy atom. The van der Waals surface area contributed by atoms with Crippen LogP contribution in [0.4, 0.5) is 0 Å². The fourth-order valence-electron chi connectivity index (χ4n) is 4.01. The number of nitrogens with zero attached hydrogens (tertiary/aromatic N) is 4. The predicted molar refractivity (Wildman–Crippen MR) is 178 cm³/mol. The van der Waals surface area contributed by atoms with E-state index in [-0.39, 0.29) is 54.0 Å². The smallest absolute Gasteiger partial charge is 0.215 e. The molecule has 0 amide bonds. The summed E-state index contributed by atoms with van der Waals surface area (Å²) >= 11 is 0. The first-order chi connectivity index (χ1) is 22.4. The predicted octanol–water partition coefficient (Wildman–Crippen LogP) is 8.94. The summed E-state index contributed by atoms with van der Waals surface area (Å²) in [4.78, 5) is 8.55. The van der Waals surface area contributed by atoms with Gasteiger partial charge in [-0.25, -0.2) is 34.2 Å². The molecule has 0 fully saturated rings. The summed E-state index contributed by atoms with van der Waals surface area (Å²) in [5.74, 6) is 2.77. The van der Waals surface area contributed by atoms with Crippen LogP contribution in [0.15, 0.2) is 110 Å². The number of pyridine rings is 2. The van der Waals surface area contributed by atoms with E-state index in [1.54, 1.807) is 46.3 Å². The Bertz CT molecular complexity index is 1720. The molecule has 0 aliphatic carbocycles. The molecule has 0 saturated carbocycles. The van der Waals surface area contributed by atoms with E-state index < -0.39 is 0 Å². The maximum atomic E-state index is 6.57. The van der Waals surface area contributed by atoms with Crippen molar-refractivity contribution in [2.45, 2.75) is 39.5 Å². The van der Waals surface area contributed by atoms with Crippen LogP contribution in [-0.2, 0) is 42.1 Å². The Labute approximate surface area is 313 Å². The molecule has 0 radical (unpaired) electrons. The van der Waals surface area contributed by atoms with E-state index in [0.29, 0.717) is 34.4 Å². The van der Waals surface area contributed by atoms with Crippen molar-refractivity contribution in [2.75, 3.05) is 0 Å². The van der Waals surface area contributed by atoms with Gasteiger partial charge >= 0.3 is 0 Å². The second kappa shape index (κ2) is 20.6. The third kappa shape index (κ3) is 11.9. The second-order valence-corrected chi connectivity index (χ2v) is 10.4. The molecule has 0 N–H and O–H groups in total. The number of hydrogen-bond acceptors (Lipinski definition) is 4. The zero-order chi connectivity index (χ0) is 32.7. The van der Waals surface area contributed by atoms with Gasteiger partial charge in [-0.3, -0.25) is 0 Å². The van der Waals surface area contributed by atoms with Gasteiger partial charge in [-0.15, -0.1) is 0 Å². The summed E-state index contributed by atoms with van der Waals surface area (Å²) in [6.45, 7) is 8.43. The van der Waals surface area contributed by atoms with Gasteiger partial charge in [-0.2, -0.15) is 11.1 Å². The van der Waals surface area contributed by atoms with Gasteiger partial charge in [0.2, 0.25) is 11.8 Å². The van der Waals surface area contributed by atoms with Crippen LogP contribution in [-0.4, -0.2) is 19.1 Å². The number of rotatable bonds is 7. The quantitative estimate of drug-likeness (QED) is 0.119. The van der Waals surface area contributed by atoms with E-state index in [0.717, 1.165) is 11.1 Å². The van der Waals surface area contributed by atoms with Crippen molar-refractivity contribution in [2.24, 2.45) is 0 Å². The molecule has 6 rings (SSSR count). The molecule has 0 saturated heterocycles. The van der Waals surface area contributed by atoms with E-state index in [9.17, 15) is 0 Å². The fourth-order valence-corrected chi connectivity index (χ4v) is 4.01. The Morgan fingerprint density at radius 3 is 1.25 bits per heavy atom. The first-order valence-electron chi connectivity index (χ1n) is 14.6. The Balaban J connectivity index is 0.000000413. The minimum Gasteiger partial charge on any atom is -0.669 e. The average molecular weight is 991 g/mol. The first kappa shape index (κ1) is 39.6. The molecule has 2 aromatic carbocycles. The Morgan fingerprint density at radius 1 is 0.604 bits per heavy atom. The number of benzene rings is 2. The maximum Gasteiger partial charge on any atom is 0.215 e. The van der Waals surface area contributed by atoms with Crippen LogP contribution in [0, 0.1) is 49.2 Å². The van der Waals surface area contributed by atoms with E-state index in [1.165, 1.54) is 0 Å². The molecule has 8 heteroatoms. The number of ether oxygens (including phenoxy) is 2. The van der Waals surface area contributed by atoms with Crippen molar-refractivity contribution in [1.82, 2.24) is 19.1 Å². The topological polar surface area (TPSA) is 54.1 Å². The largest absolute Gasteiger partial charge is 0.669 e. The normalized spacial score (nSPS) is 9.67. The molecule has 250 valence electrons. The molecular formula is C40H32N4O2Pt2-6. The van der Waals surface area contributed by atoms with Crippen molar-refractivity contribution < 1.29 is 51.6 Å². The van der Waals surface area contributed by atoms with Crippen molar-refractivity contribution >= 4 is 0 Å². The van der Waals surface area contributed by atoms with E-state index in [2.05, 4.69) is 74.0 Å². The van der Waals surface area contributed by atoms with Crippen LogP contribution in [0.25, 0.3) is 11.1 Å². The van der Waals surface area contributed by atoms with E-state index in [4.69, 9.17) is 22.3 Å². The van der Waals surface area contributed by atoms with Gasteiger partial charge in [0.25, 0.3) is 0 Å². The molecule has 0 aliphatic rings. The molecule has 48 heavy (non-hydrogen) atoms. The molecule has 0 atom stereocenters. The zero-order valence-electron chi connectivity index (χ0n) is 26.8. The summed E-state index contributed by atoms with van der Waals surface area (Å²) in [6.07, 6.45) is 23.6. The fraction of sp³-hybridized carbons (Fsp3) is 0.150. The maximum absolute atomic E-state index is 6.57. The summed E-state index contributed by atoms with van der Waals surface area (Å²) in [7, 11) is 0. The number of aromatic nitrogens is 4. The van der Waals surface area contributed by atoms with Gasteiger partial charge in [0.05, 0.1) is 0 Å². The summed E-state index contributed by atoms with van der Waals surface area (Å²) in [6, 6.07) is 40.1. The van der Waals surface area contributed by atoms with Crippen molar-refractivity contribution in [1.29, 1.82) is 0 Å². The summed E-state index contributed by atoms with van der Waals surface area (Å²) < 4.78 is 15.2. The molecular weight excluding hydrogens is 959 g/mol. The standard InChI is InChI=1S/C28H24N2O2.2C6H4N.2Pt/c1-19(2)23-13-11-21(17-25(23)31-27-9-5-7-15-29-27)22-12-14-24(20(3)4)26(18-22)32-28-10-6-8-16-30-28;2*1-2-7-5-3-4-6-7;;/h5-10,13-16,19-20H,1-4H3;2*3-6H;;/q-4;2*-1;;. The monoisotopic (exact) mass is 990 g/mol. The van der Waals surface area contributed by atoms with Crippen LogP contribution >= 0.6 is 0 Å². The Hall–Kier alpha value is -4.60.